The molecule has 1 aromatic rings. The first-order chi connectivity index (χ1) is 13.8. The molecule has 0 radical (unpaired) electrons. The van der Waals surface area contributed by atoms with E-state index in [9.17, 15) is 24.3 Å². The Kier molecular flexibility index (Phi) is 7.71. The Morgan fingerprint density at radius 1 is 1.41 bits per heavy atom. The van der Waals surface area contributed by atoms with E-state index in [0.717, 1.165) is 0 Å². The molecule has 0 fully saturated rings. The highest BCUT2D eigenvalue weighted by molar-refractivity contribution is 7.98. The van der Waals surface area contributed by atoms with E-state index < -0.39 is 36.5 Å². The highest BCUT2D eigenvalue weighted by Gasteiger charge is 2.30. The second kappa shape index (κ2) is 10.0. The summed E-state index contributed by atoms with van der Waals surface area (Å²) in [5.41, 5.74) is 0.875. The minimum atomic E-state index is -1.21. The first kappa shape index (κ1) is 22.3. The lowest BCUT2D eigenvalue weighted by Crippen LogP contribution is -2.53. The molecule has 0 saturated carbocycles. The molecule has 1 aliphatic rings. The van der Waals surface area contributed by atoms with E-state index in [1.165, 1.54) is 32.0 Å². The Hall–Kier alpha value is -2.95. The normalized spacial score (nSPS) is 20.1. The number of phenolic OH excluding ortho intramolecular Hbond substituents is 1. The van der Waals surface area contributed by atoms with Crippen molar-refractivity contribution in [1.29, 1.82) is 0 Å². The number of benzene rings is 1. The average Bonchev–Trinajstić information content (AvgIpc) is 2.70. The lowest BCUT2D eigenvalue weighted by molar-refractivity contribution is -0.144. The SMILES string of the molecule is COC(=O)[C@H]1CSCc2c(O)cc(OC)c(C)c2C(=O)OC[C@H](NC=O)C(=O)N1. The number of carbonyl (C=O) groups excluding carboxylic acids is 4. The quantitative estimate of drug-likeness (QED) is 0.444. The summed E-state index contributed by atoms with van der Waals surface area (Å²) in [5.74, 6) is -1.73. The maximum atomic E-state index is 12.7. The highest BCUT2D eigenvalue weighted by atomic mass is 32.2. The predicted molar refractivity (Wildman–Crippen MR) is 103 cm³/mol. The van der Waals surface area contributed by atoms with Crippen LogP contribution in [0.25, 0.3) is 0 Å². The van der Waals surface area contributed by atoms with Crippen molar-refractivity contribution in [2.45, 2.75) is 24.8 Å². The fourth-order valence-corrected chi connectivity index (χ4v) is 3.88. The number of hydrogen-bond acceptors (Lipinski definition) is 9. The fourth-order valence-electron chi connectivity index (χ4n) is 2.81. The molecular weight excluding hydrogens is 404 g/mol. The molecule has 158 valence electrons. The Morgan fingerprint density at radius 3 is 2.76 bits per heavy atom. The van der Waals surface area contributed by atoms with Crippen LogP contribution >= 0.6 is 11.8 Å². The van der Waals surface area contributed by atoms with Gasteiger partial charge in [-0.2, -0.15) is 11.8 Å². The van der Waals surface area contributed by atoms with Crippen molar-refractivity contribution in [3.8, 4) is 11.5 Å². The Balaban J connectivity index is 2.47. The Morgan fingerprint density at radius 2 is 2.14 bits per heavy atom. The van der Waals surface area contributed by atoms with Crippen LogP contribution in [0.5, 0.6) is 11.5 Å². The summed E-state index contributed by atoms with van der Waals surface area (Å²) in [6.07, 6.45) is 0.292. The van der Waals surface area contributed by atoms with Crippen molar-refractivity contribution < 1.29 is 38.5 Å². The van der Waals surface area contributed by atoms with Gasteiger partial charge in [0.05, 0.1) is 19.8 Å². The van der Waals surface area contributed by atoms with E-state index in [-0.39, 0.29) is 22.8 Å². The van der Waals surface area contributed by atoms with Crippen LogP contribution in [0.3, 0.4) is 0 Å². The summed E-state index contributed by atoms with van der Waals surface area (Å²) in [6.45, 7) is 1.17. The number of methoxy groups -OCH3 is 2. The number of thioether (sulfide) groups is 1. The molecule has 3 N–H and O–H groups in total. The smallest absolute Gasteiger partial charge is 0.339 e. The van der Waals surface area contributed by atoms with E-state index in [1.54, 1.807) is 6.92 Å². The van der Waals surface area contributed by atoms with Crippen LogP contribution < -0.4 is 15.4 Å². The lowest BCUT2D eigenvalue weighted by Gasteiger charge is -2.23. The first-order valence-electron chi connectivity index (χ1n) is 8.56. The number of ether oxygens (including phenoxy) is 3. The molecule has 0 spiro atoms. The van der Waals surface area contributed by atoms with Crippen LogP contribution in [-0.2, 0) is 29.6 Å². The van der Waals surface area contributed by atoms with Crippen LogP contribution in [0.1, 0.15) is 21.5 Å². The molecule has 29 heavy (non-hydrogen) atoms. The fraction of sp³-hybridized carbons (Fsp3) is 0.444. The van der Waals surface area contributed by atoms with Crippen LogP contribution in [0.15, 0.2) is 6.07 Å². The number of amides is 2. The van der Waals surface area contributed by atoms with Crippen molar-refractivity contribution in [2.75, 3.05) is 26.6 Å². The van der Waals surface area contributed by atoms with Gasteiger partial charge in [0.15, 0.2) is 0 Å². The molecule has 1 aromatic carbocycles. The van der Waals surface area contributed by atoms with Crippen molar-refractivity contribution in [2.24, 2.45) is 0 Å². The number of rotatable bonds is 4. The zero-order valence-corrected chi connectivity index (χ0v) is 17.0. The van der Waals surface area contributed by atoms with E-state index >= 15 is 0 Å². The minimum absolute atomic E-state index is 0.106. The standard InChI is InChI=1S/C18H22N2O8S/c1-9-14(26-2)4-13(22)10-6-29-7-12(17(24)27-3)20-16(23)11(19-8-21)5-28-18(25)15(9)10/h4,8,11-12,22H,5-7H2,1-3H3,(H,19,21)(H,20,23)/t11-,12+/m0/s1. The molecule has 0 saturated heterocycles. The highest BCUT2D eigenvalue weighted by Crippen LogP contribution is 2.35. The molecule has 0 bridgehead atoms. The van der Waals surface area contributed by atoms with Gasteiger partial charge in [-0.05, 0) is 6.92 Å². The second-order valence-corrected chi connectivity index (χ2v) is 7.14. The number of nitrogens with one attached hydrogen (secondary N) is 2. The molecule has 10 nitrogen and oxygen atoms in total. The molecule has 0 aromatic heterocycles. The summed E-state index contributed by atoms with van der Waals surface area (Å²) in [7, 11) is 2.59. The molecule has 0 aliphatic carbocycles. The van der Waals surface area contributed by atoms with Crippen LogP contribution in [0.4, 0.5) is 0 Å². The van der Waals surface area contributed by atoms with E-state index in [2.05, 4.69) is 10.6 Å². The van der Waals surface area contributed by atoms with E-state index in [4.69, 9.17) is 14.2 Å². The average molecular weight is 426 g/mol. The topological polar surface area (TPSA) is 140 Å². The minimum Gasteiger partial charge on any atom is -0.507 e. The van der Waals surface area contributed by atoms with Gasteiger partial charge in [-0.3, -0.25) is 9.59 Å². The summed E-state index contributed by atoms with van der Waals surface area (Å²) in [5, 5.41) is 15.1. The van der Waals surface area contributed by atoms with Crippen LogP contribution in [0, 0.1) is 6.92 Å². The van der Waals surface area contributed by atoms with Gasteiger partial charge in [0.25, 0.3) is 0 Å². The molecule has 11 heteroatoms. The van der Waals surface area contributed by atoms with Crippen molar-refractivity contribution in [1.82, 2.24) is 10.6 Å². The molecule has 2 amide bonds. The second-order valence-electron chi connectivity index (χ2n) is 6.11. The third-order valence-corrected chi connectivity index (χ3v) is 5.41. The molecule has 1 heterocycles. The first-order valence-corrected chi connectivity index (χ1v) is 9.71. The zero-order valence-electron chi connectivity index (χ0n) is 16.1. The van der Waals surface area contributed by atoms with Gasteiger partial charge >= 0.3 is 11.9 Å². The number of cyclic esters (lactones) is 1. The van der Waals surface area contributed by atoms with E-state index in [1.807, 2.05) is 0 Å². The number of fused-ring (bicyclic) bond motifs is 1. The van der Waals surface area contributed by atoms with E-state index in [0.29, 0.717) is 23.3 Å². The van der Waals surface area contributed by atoms with Crippen molar-refractivity contribution in [3.63, 3.8) is 0 Å². The molecule has 0 unspecified atom stereocenters. The summed E-state index contributed by atoms with van der Waals surface area (Å²) < 4.78 is 15.1. The van der Waals surface area contributed by atoms with Crippen molar-refractivity contribution in [3.05, 3.63) is 22.8 Å². The monoisotopic (exact) mass is 426 g/mol. The van der Waals surface area contributed by atoms with Crippen LogP contribution in [-0.4, -0.2) is 68.0 Å². The largest absolute Gasteiger partial charge is 0.507 e. The maximum Gasteiger partial charge on any atom is 0.339 e. The molecule has 1 aliphatic heterocycles. The number of aromatic hydroxyl groups is 1. The summed E-state index contributed by atoms with van der Waals surface area (Å²) >= 11 is 1.20. The lowest BCUT2D eigenvalue weighted by atomic mass is 10.0. The third-order valence-electron chi connectivity index (χ3n) is 4.35. The van der Waals surface area contributed by atoms with Gasteiger partial charge in [0.1, 0.15) is 30.2 Å². The van der Waals surface area contributed by atoms with Crippen LogP contribution in [0.2, 0.25) is 0 Å². The molecule has 2 atom stereocenters. The third kappa shape index (κ3) is 5.11. The number of carbonyl (C=O) groups is 4. The summed E-state index contributed by atoms with van der Waals surface area (Å²) in [6, 6.07) is -0.811. The maximum absolute atomic E-state index is 12.7. The molecular formula is C18H22N2O8S. The Labute approximate surface area is 171 Å². The Bertz CT molecular complexity index is 814. The molecule has 2 rings (SSSR count). The predicted octanol–water partition coefficient (Wildman–Crippen LogP) is -0.115. The number of hydrogen-bond donors (Lipinski definition) is 3. The van der Waals surface area contributed by atoms with Gasteiger partial charge in [-0.15, -0.1) is 0 Å². The number of phenols is 1. The van der Waals surface area contributed by atoms with Gasteiger partial charge in [0, 0.05) is 28.7 Å². The van der Waals surface area contributed by atoms with Gasteiger partial charge in [-0.1, -0.05) is 0 Å². The number of esters is 2. The van der Waals surface area contributed by atoms with Gasteiger partial charge in [-0.25, -0.2) is 9.59 Å². The zero-order chi connectivity index (χ0) is 21.6. The van der Waals surface area contributed by atoms with Crippen molar-refractivity contribution >= 4 is 36.0 Å². The van der Waals surface area contributed by atoms with Gasteiger partial charge < -0.3 is 30.0 Å². The van der Waals surface area contributed by atoms with Gasteiger partial charge in [0.2, 0.25) is 12.3 Å². The summed E-state index contributed by atoms with van der Waals surface area (Å²) in [4.78, 5) is 48.0.